The Bertz CT molecular complexity index is 620. The second kappa shape index (κ2) is 7.52. The van der Waals surface area contributed by atoms with Gasteiger partial charge in [-0.3, -0.25) is 4.79 Å². The molecular weight excluding hydrogens is 312 g/mol. The van der Waals surface area contributed by atoms with Crippen molar-refractivity contribution in [1.82, 2.24) is 0 Å². The van der Waals surface area contributed by atoms with E-state index in [1.165, 1.54) is 30.8 Å². The van der Waals surface area contributed by atoms with Crippen LogP contribution >= 0.6 is 0 Å². The van der Waals surface area contributed by atoms with Crippen LogP contribution in [0.1, 0.15) is 39.2 Å². The average Bonchev–Trinajstić information content (AvgIpc) is 2.97. The van der Waals surface area contributed by atoms with Crippen LogP contribution in [-0.2, 0) is 14.9 Å². The molecule has 1 aliphatic rings. The molecule has 1 atom stereocenters. The highest BCUT2D eigenvalue weighted by Crippen LogP contribution is 2.48. The van der Waals surface area contributed by atoms with Gasteiger partial charge in [0.25, 0.3) is 0 Å². The molecule has 0 amide bonds. The van der Waals surface area contributed by atoms with Crippen LogP contribution in [-0.4, -0.2) is 21.2 Å². The quantitative estimate of drug-likeness (QED) is 0.509. The van der Waals surface area contributed by atoms with Crippen molar-refractivity contribution in [3.8, 4) is 0 Å². The Balaban J connectivity index is 2.48. The van der Waals surface area contributed by atoms with Crippen LogP contribution in [0.15, 0.2) is 53.8 Å². The van der Waals surface area contributed by atoms with E-state index < -0.39 is 13.5 Å². The molecule has 0 N–H and O–H groups in total. The van der Waals surface area contributed by atoms with E-state index in [1.807, 2.05) is 30.3 Å². The van der Waals surface area contributed by atoms with Crippen molar-refractivity contribution in [2.75, 3.05) is 7.11 Å². The number of carbonyl (C=O) groups excluding carboxylic acids is 1. The van der Waals surface area contributed by atoms with E-state index in [0.717, 1.165) is 17.6 Å². The molecule has 1 aliphatic carbocycles. The average molecular weight is 343 g/mol. The molecule has 0 unspecified atom stereocenters. The van der Waals surface area contributed by atoms with E-state index in [1.54, 1.807) is 0 Å². The Morgan fingerprint density at radius 3 is 2.25 bits per heavy atom. The molecule has 0 aromatic heterocycles. The molecule has 0 radical (unpaired) electrons. The van der Waals surface area contributed by atoms with E-state index in [2.05, 4.69) is 33.0 Å². The van der Waals surface area contributed by atoms with Crippen molar-refractivity contribution >= 4 is 14.0 Å². The summed E-state index contributed by atoms with van der Waals surface area (Å²) in [6.07, 6.45) is 1.38. The lowest BCUT2D eigenvalue weighted by molar-refractivity contribution is -0.147. The standard InChI is InChI=1S/C21H30O2Si/c1-6-24(7-2,8-3)16-18-15-21(14-17(18)4,20(22)23-5)19-12-10-9-11-13-19/h9-13,16H,4,6-8,14-15H2,1-3,5H3/b18-16+/t21-/m1/s1. The molecule has 2 nitrogen and oxygen atoms in total. The number of methoxy groups -OCH3 is 1. The number of hydrogen-bond donors (Lipinski definition) is 0. The SMILES string of the molecule is C=C1C[C@](C(=O)OC)(c2ccccc2)C/C1=C\[Si](CC)(CC)CC. The number of benzene rings is 1. The molecule has 1 aromatic carbocycles. The van der Waals surface area contributed by atoms with Crippen molar-refractivity contribution < 1.29 is 9.53 Å². The fraction of sp³-hybridized carbons (Fsp3) is 0.476. The van der Waals surface area contributed by atoms with Gasteiger partial charge in [-0.15, -0.1) is 0 Å². The van der Waals surface area contributed by atoms with Crippen molar-refractivity contribution in [3.05, 3.63) is 59.3 Å². The van der Waals surface area contributed by atoms with E-state index in [9.17, 15) is 4.79 Å². The molecule has 2 rings (SSSR count). The Hall–Kier alpha value is -1.61. The summed E-state index contributed by atoms with van der Waals surface area (Å²) in [5.74, 6) is -0.144. The van der Waals surface area contributed by atoms with Crippen molar-refractivity contribution in [3.63, 3.8) is 0 Å². The number of ether oxygens (including phenoxy) is 1. The van der Waals surface area contributed by atoms with Crippen LogP contribution in [0, 0.1) is 0 Å². The fourth-order valence-corrected chi connectivity index (χ4v) is 7.15. The van der Waals surface area contributed by atoms with Crippen LogP contribution < -0.4 is 0 Å². The zero-order valence-corrected chi connectivity index (χ0v) is 16.5. The molecule has 1 aromatic rings. The second-order valence-electron chi connectivity index (χ2n) is 6.99. The third-order valence-corrected chi connectivity index (χ3v) is 11.1. The molecule has 0 aliphatic heterocycles. The summed E-state index contributed by atoms with van der Waals surface area (Å²) in [6.45, 7) is 11.2. The lowest BCUT2D eigenvalue weighted by Gasteiger charge is -2.27. The van der Waals surface area contributed by atoms with Gasteiger partial charge in [-0.25, -0.2) is 0 Å². The van der Waals surface area contributed by atoms with Gasteiger partial charge in [0.15, 0.2) is 0 Å². The van der Waals surface area contributed by atoms with Gasteiger partial charge < -0.3 is 4.74 Å². The lowest BCUT2D eigenvalue weighted by atomic mass is 9.78. The largest absolute Gasteiger partial charge is 0.468 e. The first-order valence-corrected chi connectivity index (χ1v) is 11.7. The third kappa shape index (κ3) is 3.27. The molecule has 1 fully saturated rings. The Kier molecular flexibility index (Phi) is 5.86. The summed E-state index contributed by atoms with van der Waals surface area (Å²) in [4.78, 5) is 12.7. The van der Waals surface area contributed by atoms with Gasteiger partial charge in [-0.1, -0.05) is 92.7 Å². The van der Waals surface area contributed by atoms with Crippen LogP contribution in [0.5, 0.6) is 0 Å². The first-order chi connectivity index (χ1) is 11.5. The number of allylic oxidation sites excluding steroid dienone is 2. The van der Waals surface area contributed by atoms with Crippen molar-refractivity contribution in [2.45, 2.75) is 57.2 Å². The first-order valence-electron chi connectivity index (χ1n) is 9.00. The van der Waals surface area contributed by atoms with Gasteiger partial charge in [0, 0.05) is 0 Å². The van der Waals surface area contributed by atoms with Crippen LogP contribution in [0.2, 0.25) is 18.1 Å². The zero-order valence-electron chi connectivity index (χ0n) is 15.5. The Morgan fingerprint density at radius 2 is 1.75 bits per heavy atom. The van der Waals surface area contributed by atoms with Gasteiger partial charge >= 0.3 is 5.97 Å². The van der Waals surface area contributed by atoms with Gasteiger partial charge in [-0.05, 0) is 18.4 Å². The summed E-state index contributed by atoms with van der Waals surface area (Å²) in [5.41, 5.74) is 5.37. The second-order valence-corrected chi connectivity index (χ2v) is 12.1. The Labute approximate surface area is 147 Å². The number of rotatable bonds is 6. The van der Waals surface area contributed by atoms with Crippen LogP contribution in [0.25, 0.3) is 0 Å². The maximum absolute atomic E-state index is 12.7. The highest BCUT2D eigenvalue weighted by molar-refractivity contribution is 6.84. The Morgan fingerprint density at radius 1 is 1.17 bits per heavy atom. The lowest BCUT2D eigenvalue weighted by Crippen LogP contribution is -2.34. The van der Waals surface area contributed by atoms with Gasteiger partial charge in [-0.2, -0.15) is 0 Å². The fourth-order valence-electron chi connectivity index (χ4n) is 3.99. The maximum Gasteiger partial charge on any atom is 0.316 e. The van der Waals surface area contributed by atoms with Crippen molar-refractivity contribution in [2.24, 2.45) is 0 Å². The molecule has 0 heterocycles. The molecule has 0 saturated heterocycles. The number of hydrogen-bond acceptors (Lipinski definition) is 2. The minimum absolute atomic E-state index is 0.144. The molecule has 24 heavy (non-hydrogen) atoms. The smallest absolute Gasteiger partial charge is 0.316 e. The predicted molar refractivity (Wildman–Crippen MR) is 104 cm³/mol. The molecular formula is C21H30O2Si. The summed E-state index contributed by atoms with van der Waals surface area (Å²) < 4.78 is 5.20. The van der Waals surface area contributed by atoms with Crippen LogP contribution in [0.4, 0.5) is 0 Å². The molecule has 1 saturated carbocycles. The topological polar surface area (TPSA) is 26.3 Å². The number of esters is 1. The number of carbonyl (C=O) groups is 1. The van der Waals surface area contributed by atoms with Gasteiger partial charge in [0.2, 0.25) is 0 Å². The summed E-state index contributed by atoms with van der Waals surface area (Å²) in [6, 6.07) is 13.8. The van der Waals surface area contributed by atoms with E-state index in [4.69, 9.17) is 4.74 Å². The summed E-state index contributed by atoms with van der Waals surface area (Å²) in [7, 11) is 0.0791. The first kappa shape index (κ1) is 18.7. The van der Waals surface area contributed by atoms with Crippen molar-refractivity contribution in [1.29, 1.82) is 0 Å². The zero-order chi connectivity index (χ0) is 17.8. The molecule has 130 valence electrons. The van der Waals surface area contributed by atoms with E-state index in [-0.39, 0.29) is 5.97 Å². The molecule has 0 bridgehead atoms. The third-order valence-electron chi connectivity index (χ3n) is 5.96. The molecule has 0 spiro atoms. The van der Waals surface area contributed by atoms with E-state index in [0.29, 0.717) is 6.42 Å². The van der Waals surface area contributed by atoms with Gasteiger partial charge in [0.05, 0.1) is 15.2 Å². The summed E-state index contributed by atoms with van der Waals surface area (Å²) in [5, 5.41) is 0. The minimum atomic E-state index is -1.41. The highest BCUT2D eigenvalue weighted by Gasteiger charge is 2.47. The summed E-state index contributed by atoms with van der Waals surface area (Å²) >= 11 is 0. The van der Waals surface area contributed by atoms with E-state index >= 15 is 0 Å². The van der Waals surface area contributed by atoms with Gasteiger partial charge in [0.1, 0.15) is 5.41 Å². The normalized spacial score (nSPS) is 22.8. The van der Waals surface area contributed by atoms with Crippen LogP contribution in [0.3, 0.4) is 0 Å². The maximum atomic E-state index is 12.7. The predicted octanol–water partition coefficient (Wildman–Crippen LogP) is 5.42. The minimum Gasteiger partial charge on any atom is -0.468 e. The molecule has 3 heteroatoms. The highest BCUT2D eigenvalue weighted by atomic mass is 28.3. The monoisotopic (exact) mass is 342 g/mol.